The van der Waals surface area contributed by atoms with Gasteiger partial charge in [0.1, 0.15) is 0 Å². The summed E-state index contributed by atoms with van der Waals surface area (Å²) in [6.07, 6.45) is 3.00. The van der Waals surface area contributed by atoms with Gasteiger partial charge in [-0.05, 0) is 30.7 Å². The van der Waals surface area contributed by atoms with E-state index in [1.807, 2.05) is 24.5 Å². The summed E-state index contributed by atoms with van der Waals surface area (Å²) in [5.74, 6) is 1.51. The van der Waals surface area contributed by atoms with E-state index in [4.69, 9.17) is 9.47 Å². The number of hydrogen-bond acceptors (Lipinski definition) is 4. The van der Waals surface area contributed by atoms with Crippen LogP contribution in [0.15, 0.2) is 42.7 Å². The quantitative estimate of drug-likeness (QED) is 0.711. The van der Waals surface area contributed by atoms with Gasteiger partial charge in [0, 0.05) is 24.3 Å². The van der Waals surface area contributed by atoms with Crippen molar-refractivity contribution in [3.63, 3.8) is 0 Å². The summed E-state index contributed by atoms with van der Waals surface area (Å²) < 4.78 is 13.0. The van der Waals surface area contributed by atoms with E-state index in [0.29, 0.717) is 6.54 Å². The molecule has 0 aliphatic rings. The number of ether oxygens (including phenoxy) is 2. The largest absolute Gasteiger partial charge is 0.493 e. The van der Waals surface area contributed by atoms with Crippen LogP contribution in [0.2, 0.25) is 0 Å². The lowest BCUT2D eigenvalue weighted by Gasteiger charge is -2.13. The maximum Gasteiger partial charge on any atom is 0.165 e. The number of nitrogens with zero attached hydrogens (tertiary/aromatic N) is 2. The molecule has 0 fully saturated rings. The van der Waals surface area contributed by atoms with Crippen molar-refractivity contribution >= 4 is 16.7 Å². The molecule has 0 aliphatic heterocycles. The Morgan fingerprint density at radius 2 is 2.00 bits per heavy atom. The van der Waals surface area contributed by atoms with Crippen molar-refractivity contribution in [3.8, 4) is 11.5 Å². The number of hydrogen-bond donors (Lipinski definition) is 1. The zero-order valence-corrected chi connectivity index (χ0v) is 14.4. The highest BCUT2D eigenvalue weighted by Gasteiger charge is 2.09. The molecule has 0 saturated heterocycles. The van der Waals surface area contributed by atoms with Gasteiger partial charge in [-0.15, -0.1) is 0 Å². The molecule has 126 valence electrons. The second-order valence-corrected chi connectivity index (χ2v) is 5.65. The van der Waals surface area contributed by atoms with E-state index in [1.165, 1.54) is 5.52 Å². The summed E-state index contributed by atoms with van der Waals surface area (Å²) in [7, 11) is 3.31. The van der Waals surface area contributed by atoms with Gasteiger partial charge < -0.3 is 19.4 Å². The lowest BCUT2D eigenvalue weighted by molar-refractivity contribution is 0.352. The number of methoxy groups -OCH3 is 2. The fourth-order valence-corrected chi connectivity index (χ4v) is 2.88. The highest BCUT2D eigenvalue weighted by Crippen LogP contribution is 2.31. The van der Waals surface area contributed by atoms with E-state index in [0.717, 1.165) is 41.2 Å². The Labute approximate surface area is 142 Å². The maximum absolute atomic E-state index is 5.48. The van der Waals surface area contributed by atoms with Crippen LogP contribution in [0.25, 0.3) is 11.0 Å². The fourth-order valence-electron chi connectivity index (χ4n) is 2.88. The molecule has 2 aromatic carbocycles. The first-order valence-corrected chi connectivity index (χ1v) is 8.15. The van der Waals surface area contributed by atoms with Gasteiger partial charge >= 0.3 is 0 Å². The van der Waals surface area contributed by atoms with E-state index in [1.54, 1.807) is 14.2 Å². The number of rotatable bonds is 7. The van der Waals surface area contributed by atoms with Crippen molar-refractivity contribution < 1.29 is 9.47 Å². The second kappa shape index (κ2) is 7.25. The van der Waals surface area contributed by atoms with Gasteiger partial charge in [0.2, 0.25) is 0 Å². The Hall–Kier alpha value is -2.69. The molecule has 1 aromatic heterocycles. The van der Waals surface area contributed by atoms with Crippen LogP contribution in [0.3, 0.4) is 0 Å². The van der Waals surface area contributed by atoms with Gasteiger partial charge in [0.15, 0.2) is 11.5 Å². The first-order valence-electron chi connectivity index (χ1n) is 8.15. The SMILES string of the molecule is CCCn1cnc2cc(NCc3cccc(OC)c3OC)ccc21. The Morgan fingerprint density at radius 3 is 2.75 bits per heavy atom. The molecule has 0 aliphatic carbocycles. The summed E-state index contributed by atoms with van der Waals surface area (Å²) in [5, 5.41) is 3.44. The molecular formula is C19H23N3O2. The minimum atomic E-state index is 0.654. The van der Waals surface area contributed by atoms with Gasteiger partial charge in [-0.3, -0.25) is 0 Å². The highest BCUT2D eigenvalue weighted by molar-refractivity contribution is 5.79. The molecule has 5 nitrogen and oxygen atoms in total. The third-order valence-electron chi connectivity index (χ3n) is 4.05. The van der Waals surface area contributed by atoms with Crippen LogP contribution in [0.4, 0.5) is 5.69 Å². The van der Waals surface area contributed by atoms with Crippen molar-refractivity contribution in [2.75, 3.05) is 19.5 Å². The van der Waals surface area contributed by atoms with Crippen LogP contribution in [0, 0.1) is 0 Å². The summed E-state index contributed by atoms with van der Waals surface area (Å²) in [5.41, 5.74) is 4.26. The number of benzene rings is 2. The molecule has 1 heterocycles. The molecule has 24 heavy (non-hydrogen) atoms. The van der Waals surface area contributed by atoms with E-state index < -0.39 is 0 Å². The standard InChI is InChI=1S/C19H23N3O2/c1-4-10-22-13-21-16-11-15(8-9-17(16)22)20-12-14-6-5-7-18(23-2)19(14)24-3/h5-9,11,13,20H,4,10,12H2,1-3H3. The summed E-state index contributed by atoms with van der Waals surface area (Å²) in [4.78, 5) is 4.49. The van der Waals surface area contributed by atoms with Crippen molar-refractivity contribution in [2.24, 2.45) is 0 Å². The van der Waals surface area contributed by atoms with Gasteiger partial charge in [-0.25, -0.2) is 4.98 Å². The summed E-state index contributed by atoms with van der Waals surface area (Å²) in [6.45, 7) is 3.81. The Balaban J connectivity index is 1.79. The maximum atomic E-state index is 5.48. The molecule has 0 spiro atoms. The van der Waals surface area contributed by atoms with Crippen LogP contribution in [0.1, 0.15) is 18.9 Å². The topological polar surface area (TPSA) is 48.3 Å². The number of anilines is 1. The number of imidazole rings is 1. The molecule has 0 atom stereocenters. The molecule has 5 heteroatoms. The number of aryl methyl sites for hydroxylation is 1. The van der Waals surface area contributed by atoms with Gasteiger partial charge in [-0.2, -0.15) is 0 Å². The summed E-state index contributed by atoms with van der Waals surface area (Å²) >= 11 is 0. The van der Waals surface area contributed by atoms with Crippen molar-refractivity contribution in [1.82, 2.24) is 9.55 Å². The summed E-state index contributed by atoms with van der Waals surface area (Å²) in [6, 6.07) is 12.2. The molecule has 3 rings (SSSR count). The first kappa shape index (κ1) is 16.2. The molecule has 0 unspecified atom stereocenters. The van der Waals surface area contributed by atoms with Crippen molar-refractivity contribution in [3.05, 3.63) is 48.3 Å². The van der Waals surface area contributed by atoms with Crippen molar-refractivity contribution in [1.29, 1.82) is 0 Å². The van der Waals surface area contributed by atoms with Crippen LogP contribution in [-0.4, -0.2) is 23.8 Å². The third kappa shape index (κ3) is 3.15. The third-order valence-corrected chi connectivity index (χ3v) is 4.05. The van der Waals surface area contributed by atoms with Crippen LogP contribution in [-0.2, 0) is 13.1 Å². The smallest absolute Gasteiger partial charge is 0.165 e. The van der Waals surface area contributed by atoms with Gasteiger partial charge in [-0.1, -0.05) is 19.1 Å². The van der Waals surface area contributed by atoms with E-state index >= 15 is 0 Å². The zero-order valence-electron chi connectivity index (χ0n) is 14.4. The lowest BCUT2D eigenvalue weighted by Crippen LogP contribution is -2.03. The predicted molar refractivity (Wildman–Crippen MR) is 96.9 cm³/mol. The van der Waals surface area contributed by atoms with Crippen LogP contribution >= 0.6 is 0 Å². The van der Waals surface area contributed by atoms with Gasteiger partial charge in [0.25, 0.3) is 0 Å². The zero-order chi connectivity index (χ0) is 16.9. The molecule has 1 N–H and O–H groups in total. The van der Waals surface area contributed by atoms with Gasteiger partial charge in [0.05, 0.1) is 31.6 Å². The number of para-hydroxylation sites is 1. The Kier molecular flexibility index (Phi) is 4.89. The molecule has 0 amide bonds. The Morgan fingerprint density at radius 1 is 1.12 bits per heavy atom. The molecule has 0 saturated carbocycles. The first-order chi connectivity index (χ1) is 11.8. The second-order valence-electron chi connectivity index (χ2n) is 5.65. The number of fused-ring (bicyclic) bond motifs is 1. The van der Waals surface area contributed by atoms with E-state index in [9.17, 15) is 0 Å². The molecule has 0 bridgehead atoms. The average molecular weight is 325 g/mol. The molecule has 3 aromatic rings. The van der Waals surface area contributed by atoms with Crippen molar-refractivity contribution in [2.45, 2.75) is 26.4 Å². The Bertz CT molecular complexity index is 827. The van der Waals surface area contributed by atoms with E-state index in [2.05, 4.69) is 40.0 Å². The number of aromatic nitrogens is 2. The van der Waals surface area contributed by atoms with Crippen LogP contribution in [0.5, 0.6) is 11.5 Å². The van der Waals surface area contributed by atoms with E-state index in [-0.39, 0.29) is 0 Å². The minimum absolute atomic E-state index is 0.654. The molecular weight excluding hydrogens is 302 g/mol. The lowest BCUT2D eigenvalue weighted by atomic mass is 10.1. The van der Waals surface area contributed by atoms with Crippen LogP contribution < -0.4 is 14.8 Å². The average Bonchev–Trinajstić information content (AvgIpc) is 3.02. The fraction of sp³-hybridized carbons (Fsp3) is 0.316. The monoisotopic (exact) mass is 325 g/mol. The molecule has 0 radical (unpaired) electrons. The highest BCUT2D eigenvalue weighted by atomic mass is 16.5. The predicted octanol–water partition coefficient (Wildman–Crippen LogP) is 4.08. The minimum Gasteiger partial charge on any atom is -0.493 e. The number of nitrogens with one attached hydrogen (secondary N) is 1. The normalized spacial score (nSPS) is 10.8.